The smallest absolute Gasteiger partial charge is 0.310 e. The van der Waals surface area contributed by atoms with Crippen molar-refractivity contribution in [3.63, 3.8) is 0 Å². The highest BCUT2D eigenvalue weighted by Gasteiger charge is 2.46. The van der Waals surface area contributed by atoms with Crippen molar-refractivity contribution in [2.45, 2.75) is 57.6 Å². The molecule has 1 saturated heterocycles. The van der Waals surface area contributed by atoms with Crippen molar-refractivity contribution in [3.8, 4) is 0 Å². The molecular weight excluding hydrogens is 306 g/mol. The van der Waals surface area contributed by atoms with Gasteiger partial charge >= 0.3 is 5.97 Å². The van der Waals surface area contributed by atoms with E-state index in [1.165, 1.54) is 5.56 Å². The van der Waals surface area contributed by atoms with Gasteiger partial charge in [-0.15, -0.1) is 0 Å². The summed E-state index contributed by atoms with van der Waals surface area (Å²) in [5, 5.41) is 12.4. The second kappa shape index (κ2) is 6.93. The van der Waals surface area contributed by atoms with Crippen LogP contribution in [0.5, 0.6) is 0 Å². The summed E-state index contributed by atoms with van der Waals surface area (Å²) in [7, 11) is 0. The van der Waals surface area contributed by atoms with E-state index in [1.54, 1.807) is 0 Å². The summed E-state index contributed by atoms with van der Waals surface area (Å²) in [5.74, 6) is -1.02. The van der Waals surface area contributed by atoms with Crippen LogP contribution >= 0.6 is 0 Å². The fraction of sp³-hybridized carbons (Fsp3) is 0.579. The first-order valence-corrected chi connectivity index (χ1v) is 8.71. The number of carboxylic acids is 1. The molecule has 5 nitrogen and oxygen atoms in total. The maximum atomic E-state index is 12.4. The van der Waals surface area contributed by atoms with Crippen LogP contribution in [0, 0.1) is 12.3 Å². The Bertz CT molecular complexity index is 606. The van der Waals surface area contributed by atoms with E-state index in [0.29, 0.717) is 19.4 Å². The summed E-state index contributed by atoms with van der Waals surface area (Å²) in [4.78, 5) is 23.9. The average molecular weight is 331 g/mol. The van der Waals surface area contributed by atoms with Crippen LogP contribution in [0.25, 0.3) is 0 Å². The quantitative estimate of drug-likeness (QED) is 0.870. The predicted octanol–water partition coefficient (Wildman–Crippen LogP) is 2.98. The molecule has 130 valence electrons. The molecular formula is C19H25NO4. The number of hydrogen-bond donors (Lipinski definition) is 2. The van der Waals surface area contributed by atoms with Gasteiger partial charge in [0.15, 0.2) is 0 Å². The number of nitrogens with one attached hydrogen (secondary N) is 1. The van der Waals surface area contributed by atoms with Gasteiger partial charge in [0.25, 0.3) is 0 Å². The largest absolute Gasteiger partial charge is 0.481 e. The molecule has 0 radical (unpaired) electrons. The van der Waals surface area contributed by atoms with E-state index in [4.69, 9.17) is 4.74 Å². The summed E-state index contributed by atoms with van der Waals surface area (Å²) >= 11 is 0. The van der Waals surface area contributed by atoms with Crippen LogP contribution in [0.15, 0.2) is 24.3 Å². The van der Waals surface area contributed by atoms with Gasteiger partial charge in [0, 0.05) is 13.0 Å². The Morgan fingerprint density at radius 2 is 1.96 bits per heavy atom. The van der Waals surface area contributed by atoms with E-state index in [1.807, 2.05) is 31.2 Å². The molecule has 1 saturated carbocycles. The molecule has 2 fully saturated rings. The summed E-state index contributed by atoms with van der Waals surface area (Å²) in [5.41, 5.74) is 1.39. The van der Waals surface area contributed by atoms with Gasteiger partial charge in [-0.05, 0) is 38.2 Å². The van der Waals surface area contributed by atoms with Gasteiger partial charge in [-0.2, -0.15) is 0 Å². The van der Waals surface area contributed by atoms with Crippen molar-refractivity contribution >= 4 is 11.9 Å². The van der Waals surface area contributed by atoms with Gasteiger partial charge in [-0.25, -0.2) is 0 Å². The number of carbonyl (C=O) groups is 2. The van der Waals surface area contributed by atoms with Gasteiger partial charge in [-0.1, -0.05) is 36.2 Å². The zero-order valence-corrected chi connectivity index (χ0v) is 14.1. The van der Waals surface area contributed by atoms with Crippen LogP contribution in [0.2, 0.25) is 0 Å². The molecule has 0 bridgehead atoms. The van der Waals surface area contributed by atoms with Crippen LogP contribution in [-0.2, 0) is 14.3 Å². The predicted molar refractivity (Wildman–Crippen MR) is 89.6 cm³/mol. The Kier molecular flexibility index (Phi) is 4.90. The van der Waals surface area contributed by atoms with Gasteiger partial charge in [0.05, 0.1) is 11.5 Å². The first-order chi connectivity index (χ1) is 11.5. The summed E-state index contributed by atoms with van der Waals surface area (Å²) in [6, 6.07) is 8.06. The third kappa shape index (κ3) is 3.46. The molecule has 1 aliphatic heterocycles. The standard InChI is InChI=1S/C19H25NO4/c1-13-5-7-14(8-6-13)17-15(4-2-11-24-17)20-16(21)12-19(18(22)23)9-3-10-19/h5-8,15,17H,2-4,9-12H2,1H3,(H,20,21)(H,22,23). The Hall–Kier alpha value is -1.88. The summed E-state index contributed by atoms with van der Waals surface area (Å²) in [6.45, 7) is 2.72. The van der Waals surface area contributed by atoms with Gasteiger partial charge in [-0.3, -0.25) is 9.59 Å². The van der Waals surface area contributed by atoms with Gasteiger partial charge in [0.2, 0.25) is 5.91 Å². The summed E-state index contributed by atoms with van der Waals surface area (Å²) in [6.07, 6.45) is 3.74. The average Bonchev–Trinajstić information content (AvgIpc) is 2.52. The monoisotopic (exact) mass is 331 g/mol. The Morgan fingerprint density at radius 1 is 1.25 bits per heavy atom. The molecule has 1 amide bonds. The Balaban J connectivity index is 1.66. The first kappa shape index (κ1) is 17.0. The fourth-order valence-electron chi connectivity index (χ4n) is 3.65. The zero-order valence-electron chi connectivity index (χ0n) is 14.1. The van der Waals surface area contributed by atoms with Crippen LogP contribution in [0.4, 0.5) is 0 Å². The lowest BCUT2D eigenvalue weighted by Crippen LogP contribution is -2.47. The van der Waals surface area contributed by atoms with E-state index >= 15 is 0 Å². The fourth-order valence-corrected chi connectivity index (χ4v) is 3.65. The lowest BCUT2D eigenvalue weighted by molar-refractivity contribution is -0.158. The molecule has 24 heavy (non-hydrogen) atoms. The van der Waals surface area contributed by atoms with Crippen LogP contribution in [0.3, 0.4) is 0 Å². The van der Waals surface area contributed by atoms with Gasteiger partial charge in [0.1, 0.15) is 6.10 Å². The molecule has 2 unspecified atom stereocenters. The molecule has 1 aliphatic carbocycles. The number of benzene rings is 1. The van der Waals surface area contributed by atoms with Crippen molar-refractivity contribution in [3.05, 3.63) is 35.4 Å². The lowest BCUT2D eigenvalue weighted by Gasteiger charge is -2.38. The van der Waals surface area contributed by atoms with E-state index in [2.05, 4.69) is 5.32 Å². The van der Waals surface area contributed by atoms with E-state index in [9.17, 15) is 14.7 Å². The first-order valence-electron chi connectivity index (χ1n) is 8.71. The number of aryl methyl sites for hydroxylation is 1. The highest BCUT2D eigenvalue weighted by molar-refractivity contribution is 5.85. The number of carbonyl (C=O) groups excluding carboxylic acids is 1. The molecule has 2 N–H and O–H groups in total. The highest BCUT2D eigenvalue weighted by atomic mass is 16.5. The zero-order chi connectivity index (χ0) is 17.2. The number of amides is 1. The van der Waals surface area contributed by atoms with E-state index in [-0.39, 0.29) is 24.5 Å². The van der Waals surface area contributed by atoms with Crippen LogP contribution in [0.1, 0.15) is 55.8 Å². The summed E-state index contributed by atoms with van der Waals surface area (Å²) < 4.78 is 5.90. The maximum Gasteiger partial charge on any atom is 0.310 e. The van der Waals surface area contributed by atoms with Gasteiger partial charge < -0.3 is 15.2 Å². The van der Waals surface area contributed by atoms with Crippen molar-refractivity contribution in [1.82, 2.24) is 5.32 Å². The molecule has 0 spiro atoms. The van der Waals surface area contributed by atoms with E-state index in [0.717, 1.165) is 24.8 Å². The molecule has 3 rings (SSSR count). The second-order valence-electron chi connectivity index (χ2n) is 7.13. The number of ether oxygens (including phenoxy) is 1. The normalized spacial score (nSPS) is 25.5. The molecule has 1 aromatic carbocycles. The van der Waals surface area contributed by atoms with E-state index < -0.39 is 11.4 Å². The third-order valence-electron chi connectivity index (χ3n) is 5.34. The Labute approximate surface area is 142 Å². The minimum absolute atomic E-state index is 0.0689. The molecule has 0 aromatic heterocycles. The topological polar surface area (TPSA) is 75.6 Å². The highest BCUT2D eigenvalue weighted by Crippen LogP contribution is 2.44. The Morgan fingerprint density at radius 3 is 2.54 bits per heavy atom. The van der Waals surface area contributed by atoms with Crippen molar-refractivity contribution in [2.75, 3.05) is 6.61 Å². The number of hydrogen-bond acceptors (Lipinski definition) is 3. The van der Waals surface area contributed by atoms with Crippen LogP contribution < -0.4 is 5.32 Å². The molecule has 1 aromatic rings. The number of rotatable bonds is 5. The SMILES string of the molecule is Cc1ccc(C2OCCCC2NC(=O)CC2(C(=O)O)CCC2)cc1. The minimum atomic E-state index is -0.848. The number of aliphatic carboxylic acids is 1. The molecule has 5 heteroatoms. The van der Waals surface area contributed by atoms with Crippen molar-refractivity contribution in [1.29, 1.82) is 0 Å². The van der Waals surface area contributed by atoms with Crippen LogP contribution in [-0.4, -0.2) is 29.6 Å². The third-order valence-corrected chi connectivity index (χ3v) is 5.34. The van der Waals surface area contributed by atoms with Crippen molar-refractivity contribution in [2.24, 2.45) is 5.41 Å². The molecule has 2 aliphatic rings. The minimum Gasteiger partial charge on any atom is -0.481 e. The second-order valence-corrected chi connectivity index (χ2v) is 7.13. The molecule has 1 heterocycles. The lowest BCUT2D eigenvalue weighted by atomic mass is 9.66. The number of carboxylic acid groups (broad SMARTS) is 1. The maximum absolute atomic E-state index is 12.4. The van der Waals surface area contributed by atoms with Crippen molar-refractivity contribution < 1.29 is 19.4 Å². The molecule has 2 atom stereocenters.